The van der Waals surface area contributed by atoms with Crippen LogP contribution in [0.2, 0.25) is 0 Å². The Labute approximate surface area is 124 Å². The molecule has 1 aliphatic rings. The fourth-order valence-corrected chi connectivity index (χ4v) is 2.12. The molecule has 0 radical (unpaired) electrons. The van der Waals surface area contributed by atoms with E-state index < -0.39 is 0 Å². The highest BCUT2D eigenvalue weighted by atomic mass is 32.1. The first kappa shape index (κ1) is 15.0. The molecule has 1 saturated heterocycles. The van der Waals surface area contributed by atoms with Crippen LogP contribution in [0.25, 0.3) is 0 Å². The minimum atomic E-state index is 0.585. The molecule has 1 aromatic rings. The zero-order valence-electron chi connectivity index (χ0n) is 11.6. The molecule has 0 amide bonds. The number of hydrogen-bond acceptors (Lipinski definition) is 5. The number of nitrogens with zero attached hydrogens (tertiary/aromatic N) is 2. The van der Waals surface area contributed by atoms with E-state index >= 15 is 0 Å². The van der Waals surface area contributed by atoms with E-state index in [2.05, 4.69) is 20.5 Å². The lowest BCUT2D eigenvalue weighted by Gasteiger charge is -2.26. The fraction of sp³-hybridized carbons (Fsp3) is 0.538. The summed E-state index contributed by atoms with van der Waals surface area (Å²) in [6.07, 6.45) is 1.69. The minimum absolute atomic E-state index is 0.585. The van der Waals surface area contributed by atoms with Crippen LogP contribution in [0.1, 0.15) is 0 Å². The lowest BCUT2D eigenvalue weighted by molar-refractivity contribution is 0.0389. The number of hydrogen-bond donors (Lipinski definition) is 2. The normalized spacial score (nSPS) is 15.7. The van der Waals surface area contributed by atoms with Crippen LogP contribution in [-0.2, 0) is 4.74 Å². The van der Waals surface area contributed by atoms with Gasteiger partial charge in [0.05, 0.1) is 32.2 Å². The maximum atomic E-state index is 5.31. The molecule has 0 saturated carbocycles. The lowest BCUT2D eigenvalue weighted by Crippen LogP contribution is -2.42. The Bertz CT molecular complexity index is 421. The number of anilines is 1. The number of ether oxygens (including phenoxy) is 2. The molecule has 2 heterocycles. The molecule has 0 unspecified atom stereocenters. The number of pyridine rings is 1. The highest BCUT2D eigenvalue weighted by Crippen LogP contribution is 2.10. The van der Waals surface area contributed by atoms with E-state index in [0.29, 0.717) is 11.0 Å². The standard InChI is InChI=1S/C13H20N4O2S/c1-18-12-3-2-11(10-15-12)16-13(20)14-4-5-17-6-8-19-9-7-17/h2-3,10H,4-9H2,1H3,(H2,14,16,20). The number of nitrogens with one attached hydrogen (secondary N) is 2. The van der Waals surface area contributed by atoms with E-state index in [-0.39, 0.29) is 0 Å². The van der Waals surface area contributed by atoms with Crippen LogP contribution in [0.3, 0.4) is 0 Å². The van der Waals surface area contributed by atoms with Crippen LogP contribution in [0.15, 0.2) is 18.3 Å². The van der Waals surface area contributed by atoms with E-state index in [1.165, 1.54) is 0 Å². The van der Waals surface area contributed by atoms with Crippen molar-refractivity contribution in [2.45, 2.75) is 0 Å². The van der Waals surface area contributed by atoms with Crippen molar-refractivity contribution in [2.75, 3.05) is 51.8 Å². The molecule has 1 aromatic heterocycles. The molecule has 1 fully saturated rings. The van der Waals surface area contributed by atoms with Crippen molar-refractivity contribution in [2.24, 2.45) is 0 Å². The second-order valence-electron chi connectivity index (χ2n) is 4.42. The van der Waals surface area contributed by atoms with E-state index in [4.69, 9.17) is 21.7 Å². The largest absolute Gasteiger partial charge is 0.481 e. The summed E-state index contributed by atoms with van der Waals surface area (Å²) < 4.78 is 10.3. The van der Waals surface area contributed by atoms with Crippen molar-refractivity contribution in [3.05, 3.63) is 18.3 Å². The first-order valence-electron chi connectivity index (χ1n) is 6.63. The highest BCUT2D eigenvalue weighted by Gasteiger charge is 2.09. The Morgan fingerprint density at radius 2 is 2.25 bits per heavy atom. The third kappa shape index (κ3) is 4.92. The van der Waals surface area contributed by atoms with Gasteiger partial charge in [0.25, 0.3) is 0 Å². The number of rotatable bonds is 5. The van der Waals surface area contributed by atoms with Gasteiger partial charge < -0.3 is 20.1 Å². The van der Waals surface area contributed by atoms with Gasteiger partial charge in [-0.3, -0.25) is 4.90 Å². The van der Waals surface area contributed by atoms with Crippen LogP contribution < -0.4 is 15.4 Å². The summed E-state index contributed by atoms with van der Waals surface area (Å²) >= 11 is 5.24. The summed E-state index contributed by atoms with van der Waals surface area (Å²) in [7, 11) is 1.59. The van der Waals surface area contributed by atoms with Crippen LogP contribution >= 0.6 is 12.2 Å². The summed E-state index contributed by atoms with van der Waals surface area (Å²) in [6, 6.07) is 3.67. The first-order valence-corrected chi connectivity index (χ1v) is 7.04. The molecule has 0 aromatic carbocycles. The Hall–Kier alpha value is -1.44. The maximum absolute atomic E-state index is 5.31. The van der Waals surface area contributed by atoms with Crippen LogP contribution in [-0.4, -0.2) is 61.5 Å². The van der Waals surface area contributed by atoms with E-state index in [9.17, 15) is 0 Å². The van der Waals surface area contributed by atoms with Gasteiger partial charge in [0, 0.05) is 32.2 Å². The topological polar surface area (TPSA) is 58.7 Å². The van der Waals surface area contributed by atoms with Gasteiger partial charge in [-0.25, -0.2) is 4.98 Å². The van der Waals surface area contributed by atoms with Crippen molar-refractivity contribution in [1.29, 1.82) is 0 Å². The van der Waals surface area contributed by atoms with Gasteiger partial charge in [0.15, 0.2) is 5.11 Å². The molecule has 0 aliphatic carbocycles. The van der Waals surface area contributed by atoms with Crippen LogP contribution in [0.5, 0.6) is 5.88 Å². The van der Waals surface area contributed by atoms with Crippen molar-refractivity contribution >= 4 is 23.0 Å². The Morgan fingerprint density at radius 3 is 2.90 bits per heavy atom. The smallest absolute Gasteiger partial charge is 0.213 e. The van der Waals surface area contributed by atoms with E-state index in [1.54, 1.807) is 19.4 Å². The monoisotopic (exact) mass is 296 g/mol. The highest BCUT2D eigenvalue weighted by molar-refractivity contribution is 7.80. The van der Waals surface area contributed by atoms with Gasteiger partial charge >= 0.3 is 0 Å². The molecule has 0 spiro atoms. The second kappa shape index (κ2) is 7.98. The molecule has 20 heavy (non-hydrogen) atoms. The Kier molecular flexibility index (Phi) is 5.97. The summed E-state index contributed by atoms with van der Waals surface area (Å²) in [4.78, 5) is 6.46. The average Bonchev–Trinajstić information content (AvgIpc) is 2.49. The predicted molar refractivity (Wildman–Crippen MR) is 82.3 cm³/mol. The Morgan fingerprint density at radius 1 is 1.45 bits per heavy atom. The maximum Gasteiger partial charge on any atom is 0.213 e. The quantitative estimate of drug-likeness (QED) is 0.776. The summed E-state index contributed by atoms with van der Waals surface area (Å²) in [5, 5.41) is 6.88. The number of methoxy groups -OCH3 is 1. The fourth-order valence-electron chi connectivity index (χ4n) is 1.90. The molecular weight excluding hydrogens is 276 g/mol. The van der Waals surface area contributed by atoms with Gasteiger partial charge in [-0.1, -0.05) is 0 Å². The van der Waals surface area contributed by atoms with E-state index in [1.807, 2.05) is 6.07 Å². The molecule has 2 rings (SSSR count). The summed E-state index contributed by atoms with van der Waals surface area (Å²) in [5.41, 5.74) is 0.842. The third-order valence-corrected chi connectivity index (χ3v) is 3.27. The van der Waals surface area contributed by atoms with Crippen molar-refractivity contribution in [3.8, 4) is 5.88 Å². The molecular formula is C13H20N4O2S. The predicted octanol–water partition coefficient (Wildman–Crippen LogP) is 0.709. The van der Waals surface area contributed by atoms with Crippen LogP contribution in [0, 0.1) is 0 Å². The van der Waals surface area contributed by atoms with Crippen molar-refractivity contribution < 1.29 is 9.47 Å². The summed E-state index contributed by atoms with van der Waals surface area (Å²) in [6.45, 7) is 5.40. The first-order chi connectivity index (χ1) is 9.78. The van der Waals surface area contributed by atoms with Gasteiger partial charge in [-0.05, 0) is 18.3 Å². The summed E-state index contributed by atoms with van der Waals surface area (Å²) in [5.74, 6) is 0.585. The van der Waals surface area contributed by atoms with Crippen LogP contribution in [0.4, 0.5) is 5.69 Å². The van der Waals surface area contributed by atoms with Crippen molar-refractivity contribution in [1.82, 2.24) is 15.2 Å². The molecule has 6 nitrogen and oxygen atoms in total. The zero-order chi connectivity index (χ0) is 14.2. The van der Waals surface area contributed by atoms with Gasteiger partial charge in [-0.2, -0.15) is 0 Å². The lowest BCUT2D eigenvalue weighted by atomic mass is 10.4. The molecule has 0 atom stereocenters. The third-order valence-electron chi connectivity index (χ3n) is 3.02. The number of thiocarbonyl (C=S) groups is 1. The van der Waals surface area contributed by atoms with Gasteiger partial charge in [0.1, 0.15) is 0 Å². The Balaban J connectivity index is 1.66. The van der Waals surface area contributed by atoms with Gasteiger partial charge in [0.2, 0.25) is 5.88 Å². The number of morpholine rings is 1. The molecule has 1 aliphatic heterocycles. The molecule has 7 heteroatoms. The zero-order valence-corrected chi connectivity index (χ0v) is 12.4. The number of aromatic nitrogens is 1. The van der Waals surface area contributed by atoms with E-state index in [0.717, 1.165) is 45.1 Å². The van der Waals surface area contributed by atoms with Gasteiger partial charge in [-0.15, -0.1) is 0 Å². The van der Waals surface area contributed by atoms with Crippen molar-refractivity contribution in [3.63, 3.8) is 0 Å². The molecule has 110 valence electrons. The molecule has 2 N–H and O–H groups in total. The SMILES string of the molecule is COc1ccc(NC(=S)NCCN2CCOCC2)cn1. The minimum Gasteiger partial charge on any atom is -0.481 e. The molecule has 0 bridgehead atoms. The average molecular weight is 296 g/mol. The second-order valence-corrected chi connectivity index (χ2v) is 4.83.